The van der Waals surface area contributed by atoms with Crippen LogP contribution in [0.4, 0.5) is 0 Å². The second kappa shape index (κ2) is 11.6. The van der Waals surface area contributed by atoms with Crippen molar-refractivity contribution in [1.82, 2.24) is 5.32 Å². The predicted octanol–water partition coefficient (Wildman–Crippen LogP) is 5.96. The molecule has 1 N–H and O–H groups in total. The maximum absolute atomic E-state index is 7.27. The molecule has 0 saturated carbocycles. The molecule has 1 unspecified atom stereocenters. The summed E-state index contributed by atoms with van der Waals surface area (Å²) in [5.41, 5.74) is 2.61. The molecule has 0 spiro atoms. The Balaban J connectivity index is 1.66. The highest BCUT2D eigenvalue weighted by Gasteiger charge is 2.50. The van der Waals surface area contributed by atoms with Gasteiger partial charge in [0.15, 0.2) is 0 Å². The Labute approximate surface area is 212 Å². The van der Waals surface area contributed by atoms with Crippen LogP contribution in [0.2, 0.25) is 5.04 Å². The molecule has 0 saturated heterocycles. The summed E-state index contributed by atoms with van der Waals surface area (Å²) in [6, 6.07) is 43.3. The molecule has 0 bridgehead atoms. The standard InChI is InChI=1S/C32H37NOSi/c1-32(2,3)35(30-20-12-6-13-21-30,31-22-14-7-15-23-31)34-26-29(24-27-16-8-4-9-17-27)33-25-28-18-10-5-11-19-28/h4-23,29,33H,24-26H2,1-3H3. The summed E-state index contributed by atoms with van der Waals surface area (Å²) in [4.78, 5) is 0. The summed E-state index contributed by atoms with van der Waals surface area (Å²) in [6.07, 6.45) is 0.922. The Morgan fingerprint density at radius 3 is 1.51 bits per heavy atom. The second-order valence-corrected chi connectivity index (χ2v) is 14.5. The van der Waals surface area contributed by atoms with Crippen molar-refractivity contribution in [3.8, 4) is 0 Å². The minimum Gasteiger partial charge on any atom is -0.406 e. The van der Waals surface area contributed by atoms with Crippen LogP contribution in [0.3, 0.4) is 0 Å². The maximum Gasteiger partial charge on any atom is 0.261 e. The third-order valence-electron chi connectivity index (χ3n) is 6.68. The van der Waals surface area contributed by atoms with E-state index >= 15 is 0 Å². The van der Waals surface area contributed by atoms with Gasteiger partial charge in [-0.2, -0.15) is 0 Å². The Kier molecular flexibility index (Phi) is 8.35. The molecule has 0 heterocycles. The summed E-state index contributed by atoms with van der Waals surface area (Å²) in [5.74, 6) is 0. The predicted molar refractivity (Wildman–Crippen MR) is 151 cm³/mol. The molecule has 0 aliphatic carbocycles. The smallest absolute Gasteiger partial charge is 0.261 e. The zero-order valence-electron chi connectivity index (χ0n) is 21.2. The van der Waals surface area contributed by atoms with Crippen LogP contribution < -0.4 is 15.7 Å². The molecule has 0 fully saturated rings. The molecule has 180 valence electrons. The fourth-order valence-electron chi connectivity index (χ4n) is 4.93. The first-order valence-electron chi connectivity index (χ1n) is 12.6. The van der Waals surface area contributed by atoms with Crippen LogP contribution >= 0.6 is 0 Å². The summed E-state index contributed by atoms with van der Waals surface area (Å²) in [5, 5.41) is 6.41. The van der Waals surface area contributed by atoms with E-state index in [1.54, 1.807) is 0 Å². The van der Waals surface area contributed by atoms with E-state index in [0.717, 1.165) is 13.0 Å². The van der Waals surface area contributed by atoms with Crippen molar-refractivity contribution in [2.75, 3.05) is 6.61 Å². The van der Waals surface area contributed by atoms with E-state index in [9.17, 15) is 0 Å². The number of hydrogen-bond donors (Lipinski definition) is 1. The van der Waals surface area contributed by atoms with E-state index in [4.69, 9.17) is 4.43 Å². The van der Waals surface area contributed by atoms with Gasteiger partial charge < -0.3 is 9.74 Å². The number of benzene rings is 4. The minimum absolute atomic E-state index is 0.0353. The third kappa shape index (κ3) is 6.18. The van der Waals surface area contributed by atoms with Crippen LogP contribution in [0.15, 0.2) is 121 Å². The fraction of sp³-hybridized carbons (Fsp3) is 0.250. The van der Waals surface area contributed by atoms with Crippen molar-refractivity contribution >= 4 is 18.7 Å². The van der Waals surface area contributed by atoms with Gasteiger partial charge in [-0.15, -0.1) is 0 Å². The molecule has 0 radical (unpaired) electrons. The molecule has 4 aromatic carbocycles. The Hall–Kier alpha value is -2.98. The van der Waals surface area contributed by atoms with Crippen molar-refractivity contribution in [2.45, 2.75) is 44.8 Å². The van der Waals surface area contributed by atoms with Gasteiger partial charge in [-0.05, 0) is 33.0 Å². The molecule has 1 atom stereocenters. The summed E-state index contributed by atoms with van der Waals surface area (Å²) in [7, 11) is -2.58. The van der Waals surface area contributed by atoms with Gasteiger partial charge in [0, 0.05) is 12.6 Å². The average molecular weight is 480 g/mol. The molecule has 4 rings (SSSR count). The van der Waals surface area contributed by atoms with Crippen molar-refractivity contribution in [3.05, 3.63) is 132 Å². The molecule has 0 aliphatic rings. The van der Waals surface area contributed by atoms with Crippen molar-refractivity contribution in [2.24, 2.45) is 0 Å². The zero-order chi connectivity index (χ0) is 24.6. The van der Waals surface area contributed by atoms with Gasteiger partial charge in [-0.3, -0.25) is 0 Å². The first-order chi connectivity index (χ1) is 17.0. The first-order valence-corrected chi connectivity index (χ1v) is 14.5. The van der Waals surface area contributed by atoms with Crippen LogP contribution in [0.1, 0.15) is 31.9 Å². The molecular formula is C32H37NOSi. The van der Waals surface area contributed by atoms with Crippen LogP contribution in [0, 0.1) is 0 Å². The lowest BCUT2D eigenvalue weighted by Gasteiger charge is -2.43. The normalized spacial score (nSPS) is 12.9. The molecule has 0 aromatic heterocycles. The first kappa shape index (κ1) is 25.1. The summed E-state index contributed by atoms with van der Waals surface area (Å²) < 4.78 is 7.27. The van der Waals surface area contributed by atoms with Crippen molar-refractivity contribution in [3.63, 3.8) is 0 Å². The van der Waals surface area contributed by atoms with E-state index in [1.807, 2.05) is 0 Å². The highest BCUT2D eigenvalue weighted by molar-refractivity contribution is 6.99. The van der Waals surface area contributed by atoms with Crippen LogP contribution in [0.25, 0.3) is 0 Å². The number of hydrogen-bond acceptors (Lipinski definition) is 2. The molecule has 2 nitrogen and oxygen atoms in total. The van der Waals surface area contributed by atoms with Crippen LogP contribution in [0.5, 0.6) is 0 Å². The van der Waals surface area contributed by atoms with Gasteiger partial charge in [0.05, 0.1) is 6.61 Å². The van der Waals surface area contributed by atoms with E-state index < -0.39 is 8.32 Å². The Morgan fingerprint density at radius 2 is 1.06 bits per heavy atom. The average Bonchev–Trinajstić information content (AvgIpc) is 2.89. The van der Waals surface area contributed by atoms with Gasteiger partial charge in [-0.1, -0.05) is 142 Å². The van der Waals surface area contributed by atoms with E-state index in [1.165, 1.54) is 21.5 Å². The van der Waals surface area contributed by atoms with Gasteiger partial charge in [0.25, 0.3) is 8.32 Å². The monoisotopic (exact) mass is 479 g/mol. The SMILES string of the molecule is CC(C)(C)[Si](OCC(Cc1ccccc1)NCc1ccccc1)(c1ccccc1)c1ccccc1. The van der Waals surface area contributed by atoms with Gasteiger partial charge in [-0.25, -0.2) is 0 Å². The highest BCUT2D eigenvalue weighted by Crippen LogP contribution is 2.36. The van der Waals surface area contributed by atoms with Crippen LogP contribution in [-0.4, -0.2) is 21.0 Å². The van der Waals surface area contributed by atoms with Gasteiger partial charge >= 0.3 is 0 Å². The summed E-state index contributed by atoms with van der Waals surface area (Å²) >= 11 is 0. The highest BCUT2D eigenvalue weighted by atomic mass is 28.4. The quantitative estimate of drug-likeness (QED) is 0.283. The maximum atomic E-state index is 7.27. The Bertz CT molecular complexity index is 1100. The lowest BCUT2D eigenvalue weighted by Crippen LogP contribution is -2.67. The lowest BCUT2D eigenvalue weighted by atomic mass is 10.1. The lowest BCUT2D eigenvalue weighted by molar-refractivity contribution is 0.247. The van der Waals surface area contributed by atoms with Gasteiger partial charge in [0.1, 0.15) is 0 Å². The largest absolute Gasteiger partial charge is 0.406 e. The Morgan fingerprint density at radius 1 is 0.629 bits per heavy atom. The van der Waals surface area contributed by atoms with Crippen LogP contribution in [-0.2, 0) is 17.4 Å². The van der Waals surface area contributed by atoms with Crippen molar-refractivity contribution < 1.29 is 4.43 Å². The van der Waals surface area contributed by atoms with E-state index in [-0.39, 0.29) is 11.1 Å². The molecule has 0 amide bonds. The number of rotatable bonds is 10. The zero-order valence-corrected chi connectivity index (χ0v) is 22.2. The fourth-order valence-corrected chi connectivity index (χ4v) is 9.54. The van der Waals surface area contributed by atoms with E-state index in [0.29, 0.717) is 6.61 Å². The third-order valence-corrected chi connectivity index (χ3v) is 11.7. The minimum atomic E-state index is -2.58. The van der Waals surface area contributed by atoms with Gasteiger partial charge in [0.2, 0.25) is 0 Å². The molecular weight excluding hydrogens is 442 g/mol. The van der Waals surface area contributed by atoms with Crippen molar-refractivity contribution in [1.29, 1.82) is 0 Å². The topological polar surface area (TPSA) is 21.3 Å². The second-order valence-electron chi connectivity index (χ2n) is 10.2. The molecule has 35 heavy (non-hydrogen) atoms. The van der Waals surface area contributed by atoms with E-state index in [2.05, 4.69) is 147 Å². The number of nitrogens with one attached hydrogen (secondary N) is 1. The summed E-state index contributed by atoms with van der Waals surface area (Å²) in [6.45, 7) is 8.48. The molecule has 3 heteroatoms. The molecule has 4 aromatic rings. The molecule has 0 aliphatic heterocycles.